The Bertz CT molecular complexity index is 869. The minimum Gasteiger partial charge on any atom is -0.497 e. The molecule has 30 heavy (non-hydrogen) atoms. The first-order valence-electron chi connectivity index (χ1n) is 9.29. The predicted molar refractivity (Wildman–Crippen MR) is 122 cm³/mol. The first-order chi connectivity index (χ1) is 13.8. The highest BCUT2D eigenvalue weighted by Crippen LogP contribution is 2.38. The van der Waals surface area contributed by atoms with Crippen molar-refractivity contribution in [2.24, 2.45) is 10.7 Å². The van der Waals surface area contributed by atoms with Crippen LogP contribution in [-0.4, -0.2) is 32.8 Å². The molecule has 0 bridgehead atoms. The normalized spacial score (nSPS) is 16.5. The van der Waals surface area contributed by atoms with E-state index >= 15 is 0 Å². The van der Waals surface area contributed by atoms with Crippen LogP contribution in [0.4, 0.5) is 18.9 Å². The highest BCUT2D eigenvalue weighted by atomic mass is 127. The average Bonchev–Trinajstić information content (AvgIpc) is 2.72. The van der Waals surface area contributed by atoms with Crippen molar-refractivity contribution in [2.45, 2.75) is 24.4 Å². The molecular weight excluding hydrogens is 510 g/mol. The van der Waals surface area contributed by atoms with Gasteiger partial charge in [-0.3, -0.25) is 4.99 Å². The first kappa shape index (κ1) is 24.3. The molecule has 1 heterocycles. The summed E-state index contributed by atoms with van der Waals surface area (Å²) in [7, 11) is 1.57. The lowest BCUT2D eigenvalue weighted by molar-refractivity contribution is -0.137. The molecule has 1 fully saturated rings. The van der Waals surface area contributed by atoms with Gasteiger partial charge in [0.05, 0.1) is 19.2 Å². The standard InChI is InChI=1S/C21H24F3N3O2.HI/c1-28-18-7-3-6-17(13-18)27-19(25)26-14-20(8-10-29-11-9-20)15-4-2-5-16(12-15)21(22,23)24;/h2-7,12-13H,8-11,14H2,1H3,(H3,25,26,27);1H. The molecule has 3 N–H and O–H groups in total. The number of alkyl halides is 3. The van der Waals surface area contributed by atoms with Crippen molar-refractivity contribution in [2.75, 3.05) is 32.2 Å². The zero-order valence-electron chi connectivity index (χ0n) is 16.5. The summed E-state index contributed by atoms with van der Waals surface area (Å²) in [5.41, 5.74) is 6.14. The SMILES string of the molecule is COc1cccc(NC(N)=NCC2(c3cccc(C(F)(F)F)c3)CCOCC2)c1.I. The van der Waals surface area contributed by atoms with E-state index in [1.54, 1.807) is 19.2 Å². The lowest BCUT2D eigenvalue weighted by Gasteiger charge is -2.37. The summed E-state index contributed by atoms with van der Waals surface area (Å²) in [5.74, 6) is 0.865. The average molecular weight is 535 g/mol. The van der Waals surface area contributed by atoms with Crippen LogP contribution in [-0.2, 0) is 16.3 Å². The van der Waals surface area contributed by atoms with Crippen LogP contribution in [0.5, 0.6) is 5.75 Å². The third kappa shape index (κ3) is 6.00. The predicted octanol–water partition coefficient (Wildman–Crippen LogP) is 4.81. The van der Waals surface area contributed by atoms with Crippen molar-refractivity contribution < 1.29 is 22.6 Å². The van der Waals surface area contributed by atoms with Gasteiger partial charge in [0.2, 0.25) is 0 Å². The van der Waals surface area contributed by atoms with Gasteiger partial charge in [-0.15, -0.1) is 24.0 Å². The molecule has 2 aromatic rings. The van der Waals surface area contributed by atoms with Gasteiger partial charge >= 0.3 is 6.18 Å². The highest BCUT2D eigenvalue weighted by molar-refractivity contribution is 14.0. The third-order valence-corrected chi connectivity index (χ3v) is 5.15. The summed E-state index contributed by atoms with van der Waals surface area (Å²) in [5, 5.41) is 3.00. The number of rotatable bonds is 5. The topological polar surface area (TPSA) is 68.9 Å². The molecule has 0 unspecified atom stereocenters. The molecule has 9 heteroatoms. The summed E-state index contributed by atoms with van der Waals surface area (Å²) in [6.45, 7) is 1.20. The fourth-order valence-corrected chi connectivity index (χ4v) is 3.45. The number of anilines is 1. The molecule has 3 rings (SSSR count). The third-order valence-electron chi connectivity index (χ3n) is 5.15. The van der Waals surface area contributed by atoms with Crippen LogP contribution in [0.3, 0.4) is 0 Å². The summed E-state index contributed by atoms with van der Waals surface area (Å²) in [6.07, 6.45) is -3.24. The second-order valence-corrected chi connectivity index (χ2v) is 7.03. The zero-order valence-corrected chi connectivity index (χ0v) is 18.9. The van der Waals surface area contributed by atoms with E-state index in [1.807, 2.05) is 18.2 Å². The monoisotopic (exact) mass is 535 g/mol. The number of aliphatic imine (C=N–C) groups is 1. The van der Waals surface area contributed by atoms with Crippen molar-refractivity contribution >= 4 is 35.6 Å². The van der Waals surface area contributed by atoms with Crippen LogP contribution in [0.2, 0.25) is 0 Å². The number of ether oxygens (including phenoxy) is 2. The molecular formula is C21H25F3IN3O2. The summed E-state index contributed by atoms with van der Waals surface area (Å²) >= 11 is 0. The lowest BCUT2D eigenvalue weighted by Crippen LogP contribution is -2.38. The highest BCUT2D eigenvalue weighted by Gasteiger charge is 2.37. The molecule has 0 saturated carbocycles. The molecule has 0 radical (unpaired) electrons. The van der Waals surface area contributed by atoms with Crippen molar-refractivity contribution in [3.05, 3.63) is 59.7 Å². The van der Waals surface area contributed by atoms with Crippen LogP contribution in [0.15, 0.2) is 53.5 Å². The van der Waals surface area contributed by atoms with Gasteiger partial charge in [0.25, 0.3) is 0 Å². The number of benzene rings is 2. The van der Waals surface area contributed by atoms with E-state index in [0.29, 0.717) is 43.1 Å². The van der Waals surface area contributed by atoms with Gasteiger partial charge in [0.15, 0.2) is 5.96 Å². The quantitative estimate of drug-likeness (QED) is 0.328. The Balaban J connectivity index is 0.00000320. The Labute approximate surface area is 190 Å². The number of nitrogens with zero attached hydrogens (tertiary/aromatic N) is 1. The maximum Gasteiger partial charge on any atom is 0.416 e. The molecule has 1 aliphatic rings. The Kier molecular flexibility index (Phi) is 8.36. The van der Waals surface area contributed by atoms with Crippen molar-refractivity contribution in [1.29, 1.82) is 0 Å². The summed E-state index contributed by atoms with van der Waals surface area (Å²) in [6, 6.07) is 12.7. The molecule has 0 spiro atoms. The van der Waals surface area contributed by atoms with Crippen LogP contribution in [0.1, 0.15) is 24.0 Å². The number of guanidine groups is 1. The molecule has 5 nitrogen and oxygen atoms in total. The number of halogens is 4. The fraction of sp³-hybridized carbons (Fsp3) is 0.381. The smallest absolute Gasteiger partial charge is 0.416 e. The molecule has 2 aromatic carbocycles. The Morgan fingerprint density at radius 1 is 1.17 bits per heavy atom. The maximum absolute atomic E-state index is 13.2. The minimum atomic E-state index is -4.39. The minimum absolute atomic E-state index is 0. The number of hydrogen-bond acceptors (Lipinski definition) is 3. The van der Waals surface area contributed by atoms with Gasteiger partial charge in [0, 0.05) is 30.4 Å². The summed E-state index contributed by atoms with van der Waals surface area (Å²) in [4.78, 5) is 4.44. The molecule has 1 saturated heterocycles. The van der Waals surface area contributed by atoms with Crippen molar-refractivity contribution in [3.8, 4) is 5.75 Å². The molecule has 0 aliphatic carbocycles. The number of nitrogens with two attached hydrogens (primary N) is 1. The van der Waals surface area contributed by atoms with Crippen LogP contribution in [0, 0.1) is 0 Å². The Morgan fingerprint density at radius 3 is 2.53 bits per heavy atom. The second-order valence-electron chi connectivity index (χ2n) is 7.03. The van der Waals surface area contributed by atoms with Crippen LogP contribution >= 0.6 is 24.0 Å². The largest absolute Gasteiger partial charge is 0.497 e. The van der Waals surface area contributed by atoms with Gasteiger partial charge in [-0.2, -0.15) is 13.2 Å². The number of nitrogens with one attached hydrogen (secondary N) is 1. The van der Waals surface area contributed by atoms with E-state index in [-0.39, 0.29) is 36.5 Å². The molecule has 1 aliphatic heterocycles. The van der Waals surface area contributed by atoms with Crippen LogP contribution < -0.4 is 15.8 Å². The van der Waals surface area contributed by atoms with E-state index in [4.69, 9.17) is 15.2 Å². The van der Waals surface area contributed by atoms with Crippen LogP contribution in [0.25, 0.3) is 0 Å². The molecule has 0 amide bonds. The maximum atomic E-state index is 13.2. The van der Waals surface area contributed by atoms with E-state index < -0.39 is 17.2 Å². The zero-order chi connectivity index (χ0) is 20.9. The van der Waals surface area contributed by atoms with E-state index in [2.05, 4.69) is 10.3 Å². The van der Waals surface area contributed by atoms with E-state index in [1.165, 1.54) is 12.1 Å². The van der Waals surface area contributed by atoms with E-state index in [0.717, 1.165) is 6.07 Å². The van der Waals surface area contributed by atoms with Crippen molar-refractivity contribution in [1.82, 2.24) is 0 Å². The van der Waals surface area contributed by atoms with Gasteiger partial charge in [-0.1, -0.05) is 24.3 Å². The Hall–Kier alpha value is -2.01. The van der Waals surface area contributed by atoms with E-state index in [9.17, 15) is 13.2 Å². The Morgan fingerprint density at radius 2 is 1.87 bits per heavy atom. The fourth-order valence-electron chi connectivity index (χ4n) is 3.45. The first-order valence-corrected chi connectivity index (χ1v) is 9.29. The van der Waals surface area contributed by atoms with Gasteiger partial charge in [-0.25, -0.2) is 0 Å². The van der Waals surface area contributed by atoms with Gasteiger partial charge in [0.1, 0.15) is 5.75 Å². The molecule has 0 aromatic heterocycles. The van der Waals surface area contributed by atoms with Gasteiger partial charge in [-0.05, 0) is 36.6 Å². The van der Waals surface area contributed by atoms with Crippen molar-refractivity contribution in [3.63, 3.8) is 0 Å². The number of methoxy groups -OCH3 is 1. The second kappa shape index (κ2) is 10.3. The summed E-state index contributed by atoms with van der Waals surface area (Å²) < 4.78 is 50.2. The molecule has 164 valence electrons. The number of hydrogen-bond donors (Lipinski definition) is 2. The van der Waals surface area contributed by atoms with Gasteiger partial charge < -0.3 is 20.5 Å². The lowest BCUT2D eigenvalue weighted by atomic mass is 9.74. The molecule has 0 atom stereocenters.